The summed E-state index contributed by atoms with van der Waals surface area (Å²) in [5.74, 6) is 0. The number of nitrogens with zero attached hydrogens (tertiary/aromatic N) is 1. The van der Waals surface area contributed by atoms with E-state index in [0.717, 1.165) is 11.3 Å². The molecule has 0 amide bonds. The molecule has 1 rings (SSSR count). The first-order valence-electron chi connectivity index (χ1n) is 1.88. The Bertz CT molecular complexity index is 198. The van der Waals surface area contributed by atoms with Gasteiger partial charge in [0.1, 0.15) is 5.69 Å². The fraction of sp³-hybridized carbons (Fsp3) is 0. The average molecular weight is 131 g/mol. The van der Waals surface area contributed by atoms with Crippen molar-refractivity contribution in [3.63, 3.8) is 0 Å². The minimum atomic E-state index is -0.514. The predicted octanol–water partition coefficient (Wildman–Crippen LogP) is 1.09. The van der Waals surface area contributed by atoms with Crippen LogP contribution in [0.25, 0.3) is 0 Å². The summed E-state index contributed by atoms with van der Waals surface area (Å²) in [6.07, 6.45) is 0.395. The lowest BCUT2D eigenvalue weighted by atomic mass is 10.6. The number of carbonyl (C=O) groups is 1. The maximum absolute atomic E-state index is 12.1. The average Bonchev–Trinajstić information content (AvgIpc) is 2.14. The van der Waals surface area contributed by atoms with Crippen LogP contribution in [-0.4, -0.2) is 11.3 Å². The molecule has 0 N–H and O–H groups in total. The number of halogens is 1. The van der Waals surface area contributed by atoms with Crippen molar-refractivity contribution in [3.8, 4) is 0 Å². The van der Waals surface area contributed by atoms with Gasteiger partial charge in [0.2, 0.25) is 5.13 Å². The molecule has 0 aromatic carbocycles. The molecule has 1 aromatic heterocycles. The van der Waals surface area contributed by atoms with Gasteiger partial charge in [-0.25, -0.2) is 4.98 Å². The molecular weight excluding hydrogens is 129 g/mol. The second kappa shape index (κ2) is 2.00. The number of hydrogen-bond acceptors (Lipinski definition) is 3. The SMILES string of the molecule is O=Cc1ncsc1F. The first-order valence-corrected chi connectivity index (χ1v) is 2.76. The van der Waals surface area contributed by atoms with Crippen molar-refractivity contribution in [3.05, 3.63) is 16.3 Å². The molecule has 0 aliphatic heterocycles. The molecule has 0 saturated carbocycles. The van der Waals surface area contributed by atoms with Crippen LogP contribution in [0.1, 0.15) is 10.5 Å². The van der Waals surface area contributed by atoms with Crippen LogP contribution < -0.4 is 0 Å². The molecule has 0 atom stereocenters. The highest BCUT2D eigenvalue weighted by atomic mass is 32.1. The van der Waals surface area contributed by atoms with Crippen molar-refractivity contribution in [2.75, 3.05) is 0 Å². The van der Waals surface area contributed by atoms with Gasteiger partial charge in [0.05, 0.1) is 5.51 Å². The van der Waals surface area contributed by atoms with Crippen LogP contribution in [0.15, 0.2) is 5.51 Å². The Morgan fingerprint density at radius 2 is 2.62 bits per heavy atom. The van der Waals surface area contributed by atoms with Gasteiger partial charge >= 0.3 is 0 Å². The summed E-state index contributed by atoms with van der Waals surface area (Å²) < 4.78 is 12.1. The Labute approximate surface area is 49.0 Å². The quantitative estimate of drug-likeness (QED) is 0.534. The van der Waals surface area contributed by atoms with Gasteiger partial charge in [-0.1, -0.05) is 11.3 Å². The smallest absolute Gasteiger partial charge is 0.206 e. The summed E-state index contributed by atoms with van der Waals surface area (Å²) >= 11 is 0.820. The fourth-order valence-electron chi connectivity index (χ4n) is 0.317. The van der Waals surface area contributed by atoms with Gasteiger partial charge in [-0.3, -0.25) is 4.79 Å². The van der Waals surface area contributed by atoms with Crippen molar-refractivity contribution in [1.29, 1.82) is 0 Å². The predicted molar refractivity (Wildman–Crippen MR) is 27.5 cm³/mol. The zero-order valence-electron chi connectivity index (χ0n) is 3.80. The summed E-state index contributed by atoms with van der Waals surface area (Å²) in [4.78, 5) is 13.2. The van der Waals surface area contributed by atoms with Crippen LogP contribution in [0.5, 0.6) is 0 Å². The second-order valence-corrected chi connectivity index (χ2v) is 1.93. The molecule has 4 heteroatoms. The largest absolute Gasteiger partial charge is 0.296 e. The Hall–Kier alpha value is -0.770. The van der Waals surface area contributed by atoms with Crippen LogP contribution in [0.3, 0.4) is 0 Å². The standard InChI is InChI=1S/C4H2FNOS/c5-4-3(1-7)6-2-8-4/h1-2H. The van der Waals surface area contributed by atoms with E-state index in [4.69, 9.17) is 0 Å². The first kappa shape index (κ1) is 5.37. The van der Waals surface area contributed by atoms with Crippen molar-refractivity contribution in [1.82, 2.24) is 4.98 Å². The normalized spacial score (nSPS) is 9.12. The van der Waals surface area contributed by atoms with Gasteiger partial charge in [0.25, 0.3) is 0 Å². The Morgan fingerprint density at radius 1 is 1.88 bits per heavy atom. The topological polar surface area (TPSA) is 30.0 Å². The highest BCUT2D eigenvalue weighted by Gasteiger charge is 2.00. The molecule has 0 bridgehead atoms. The maximum atomic E-state index is 12.1. The third kappa shape index (κ3) is 0.742. The lowest BCUT2D eigenvalue weighted by Crippen LogP contribution is -1.79. The second-order valence-electron chi connectivity index (χ2n) is 1.13. The van der Waals surface area contributed by atoms with E-state index >= 15 is 0 Å². The number of aromatic nitrogens is 1. The van der Waals surface area contributed by atoms with Crippen molar-refractivity contribution >= 4 is 17.6 Å². The molecule has 1 heterocycles. The number of thiazole rings is 1. The highest BCUT2D eigenvalue weighted by molar-refractivity contribution is 7.08. The van der Waals surface area contributed by atoms with Crippen molar-refractivity contribution in [2.24, 2.45) is 0 Å². The van der Waals surface area contributed by atoms with Gasteiger partial charge < -0.3 is 0 Å². The monoisotopic (exact) mass is 131 g/mol. The minimum absolute atomic E-state index is 0.102. The number of aldehydes is 1. The molecule has 8 heavy (non-hydrogen) atoms. The van der Waals surface area contributed by atoms with Crippen LogP contribution in [0.4, 0.5) is 4.39 Å². The van der Waals surface area contributed by atoms with Crippen molar-refractivity contribution < 1.29 is 9.18 Å². The maximum Gasteiger partial charge on any atom is 0.206 e. The van der Waals surface area contributed by atoms with Gasteiger partial charge in [-0.05, 0) is 0 Å². The lowest BCUT2D eigenvalue weighted by molar-refractivity contribution is 0.111. The minimum Gasteiger partial charge on any atom is -0.296 e. The fourth-order valence-corrected chi connectivity index (χ4v) is 0.798. The molecule has 42 valence electrons. The summed E-state index contributed by atoms with van der Waals surface area (Å²) in [6, 6.07) is 0. The number of carbonyl (C=O) groups excluding carboxylic acids is 1. The van der Waals surface area contributed by atoms with Crippen molar-refractivity contribution in [2.45, 2.75) is 0 Å². The molecule has 0 fully saturated rings. The van der Waals surface area contributed by atoms with E-state index in [1.807, 2.05) is 0 Å². The van der Waals surface area contributed by atoms with E-state index in [2.05, 4.69) is 4.98 Å². The van der Waals surface area contributed by atoms with E-state index in [1.165, 1.54) is 5.51 Å². The van der Waals surface area contributed by atoms with E-state index in [0.29, 0.717) is 6.29 Å². The summed E-state index contributed by atoms with van der Waals surface area (Å²) in [5, 5.41) is -0.514. The van der Waals surface area contributed by atoms with Crippen LogP contribution in [0.2, 0.25) is 0 Å². The van der Waals surface area contributed by atoms with E-state index in [9.17, 15) is 9.18 Å². The zero-order valence-corrected chi connectivity index (χ0v) is 4.61. The Balaban J connectivity index is 3.09. The molecule has 0 saturated heterocycles. The van der Waals surface area contributed by atoms with E-state index in [1.54, 1.807) is 0 Å². The molecule has 0 unspecified atom stereocenters. The Morgan fingerprint density at radius 3 is 2.88 bits per heavy atom. The van der Waals surface area contributed by atoms with Gasteiger partial charge in [-0.2, -0.15) is 4.39 Å². The number of rotatable bonds is 1. The molecule has 0 spiro atoms. The van der Waals surface area contributed by atoms with Crippen LogP contribution >= 0.6 is 11.3 Å². The zero-order chi connectivity index (χ0) is 5.98. The highest BCUT2D eigenvalue weighted by Crippen LogP contribution is 2.06. The summed E-state index contributed by atoms with van der Waals surface area (Å²) in [5.41, 5.74) is 1.19. The molecule has 0 aliphatic carbocycles. The van der Waals surface area contributed by atoms with Gasteiger partial charge in [-0.15, -0.1) is 0 Å². The first-order chi connectivity index (χ1) is 3.84. The van der Waals surface area contributed by atoms with Crippen LogP contribution in [0, 0.1) is 5.13 Å². The van der Waals surface area contributed by atoms with Crippen LogP contribution in [-0.2, 0) is 0 Å². The third-order valence-corrected chi connectivity index (χ3v) is 1.29. The molecule has 2 nitrogen and oxygen atoms in total. The summed E-state index contributed by atoms with van der Waals surface area (Å²) in [6.45, 7) is 0. The molecule has 0 aliphatic rings. The Kier molecular flexibility index (Phi) is 1.34. The molecule has 1 aromatic rings. The van der Waals surface area contributed by atoms with Gasteiger partial charge in [0, 0.05) is 0 Å². The molecular formula is C4H2FNOS. The molecule has 0 radical (unpaired) electrons. The lowest BCUT2D eigenvalue weighted by Gasteiger charge is -1.72. The van der Waals surface area contributed by atoms with E-state index < -0.39 is 5.13 Å². The van der Waals surface area contributed by atoms with Gasteiger partial charge in [0.15, 0.2) is 6.29 Å². The van der Waals surface area contributed by atoms with E-state index in [-0.39, 0.29) is 5.69 Å². The number of hydrogen-bond donors (Lipinski definition) is 0. The summed E-state index contributed by atoms with van der Waals surface area (Å²) in [7, 11) is 0. The third-order valence-electron chi connectivity index (χ3n) is 0.661.